The Hall–Kier alpha value is -2.17. The van der Waals surface area contributed by atoms with Crippen LogP contribution in [-0.4, -0.2) is 21.6 Å². The fraction of sp³-hybridized carbons (Fsp3) is 0.471. The Morgan fingerprint density at radius 2 is 2.18 bits per heavy atom. The molecule has 0 bridgehead atoms. The minimum absolute atomic E-state index is 0.0135. The number of para-hydroxylation sites is 1. The summed E-state index contributed by atoms with van der Waals surface area (Å²) in [6, 6.07) is 7.12. The van der Waals surface area contributed by atoms with Crippen LogP contribution in [0.15, 0.2) is 35.4 Å². The summed E-state index contributed by atoms with van der Waals surface area (Å²) in [6.45, 7) is 2.10. The zero-order valence-corrected chi connectivity index (χ0v) is 12.7. The molecule has 0 aliphatic heterocycles. The summed E-state index contributed by atoms with van der Waals surface area (Å²) >= 11 is 0. The third kappa shape index (κ3) is 3.18. The van der Waals surface area contributed by atoms with E-state index in [1.54, 1.807) is 18.2 Å². The van der Waals surface area contributed by atoms with Crippen molar-refractivity contribution < 1.29 is 9.53 Å². The van der Waals surface area contributed by atoms with E-state index in [1.165, 1.54) is 17.3 Å². The molecular weight excluding hydrogens is 280 g/mol. The Bertz CT molecular complexity index is 738. The van der Waals surface area contributed by atoms with Gasteiger partial charge in [0.25, 0.3) is 5.56 Å². The van der Waals surface area contributed by atoms with Crippen LogP contribution in [0, 0.1) is 5.92 Å². The Morgan fingerprint density at radius 1 is 1.36 bits per heavy atom. The molecule has 2 atom stereocenters. The largest absolute Gasteiger partial charge is 0.461 e. The van der Waals surface area contributed by atoms with Gasteiger partial charge in [0.15, 0.2) is 0 Å². The van der Waals surface area contributed by atoms with Gasteiger partial charge in [0.2, 0.25) is 0 Å². The van der Waals surface area contributed by atoms with E-state index < -0.39 is 0 Å². The number of ether oxygens (including phenoxy) is 1. The Morgan fingerprint density at radius 3 is 3.00 bits per heavy atom. The average molecular weight is 300 g/mol. The predicted molar refractivity (Wildman–Crippen MR) is 83.5 cm³/mol. The second-order valence-corrected chi connectivity index (χ2v) is 6.08. The van der Waals surface area contributed by atoms with Crippen LogP contribution in [0.25, 0.3) is 10.9 Å². The van der Waals surface area contributed by atoms with E-state index in [-0.39, 0.29) is 24.2 Å². The van der Waals surface area contributed by atoms with Crippen molar-refractivity contribution in [1.29, 1.82) is 0 Å². The van der Waals surface area contributed by atoms with Gasteiger partial charge in [-0.3, -0.25) is 14.2 Å². The molecule has 0 N–H and O–H groups in total. The van der Waals surface area contributed by atoms with Gasteiger partial charge in [-0.25, -0.2) is 4.98 Å². The van der Waals surface area contributed by atoms with Crippen molar-refractivity contribution in [3.63, 3.8) is 0 Å². The highest BCUT2D eigenvalue weighted by Crippen LogP contribution is 2.25. The van der Waals surface area contributed by atoms with Crippen LogP contribution < -0.4 is 5.56 Å². The SMILES string of the molecule is CC1CCCC(OC(=O)Cn2cnc3ccccc3c2=O)C1. The summed E-state index contributed by atoms with van der Waals surface area (Å²) in [5.74, 6) is 0.231. The summed E-state index contributed by atoms with van der Waals surface area (Å²) in [4.78, 5) is 28.6. The maximum Gasteiger partial charge on any atom is 0.326 e. The fourth-order valence-electron chi connectivity index (χ4n) is 3.07. The summed E-state index contributed by atoms with van der Waals surface area (Å²) in [6.07, 6.45) is 5.52. The molecule has 22 heavy (non-hydrogen) atoms. The molecule has 3 rings (SSSR count). The van der Waals surface area contributed by atoms with Crippen LogP contribution in [0.4, 0.5) is 0 Å². The lowest BCUT2D eigenvalue weighted by molar-refractivity contribution is -0.152. The second kappa shape index (κ2) is 6.30. The lowest BCUT2D eigenvalue weighted by atomic mass is 9.89. The first-order chi connectivity index (χ1) is 10.6. The fourth-order valence-corrected chi connectivity index (χ4v) is 3.07. The summed E-state index contributed by atoms with van der Waals surface area (Å²) < 4.78 is 6.82. The molecule has 1 aromatic carbocycles. The van der Waals surface area contributed by atoms with Crippen molar-refractivity contribution in [3.8, 4) is 0 Å². The van der Waals surface area contributed by atoms with Gasteiger partial charge in [-0.15, -0.1) is 0 Å². The molecule has 116 valence electrons. The number of aromatic nitrogens is 2. The van der Waals surface area contributed by atoms with Gasteiger partial charge >= 0.3 is 5.97 Å². The Kier molecular flexibility index (Phi) is 4.22. The molecule has 0 saturated heterocycles. The topological polar surface area (TPSA) is 61.2 Å². The Labute approximate surface area is 128 Å². The van der Waals surface area contributed by atoms with Crippen molar-refractivity contribution in [2.24, 2.45) is 5.92 Å². The van der Waals surface area contributed by atoms with Crippen LogP contribution in [0.1, 0.15) is 32.6 Å². The first-order valence-corrected chi connectivity index (χ1v) is 7.77. The number of nitrogens with zero attached hydrogens (tertiary/aromatic N) is 2. The van der Waals surface area contributed by atoms with E-state index in [0.29, 0.717) is 16.8 Å². The molecule has 2 aromatic rings. The molecule has 0 spiro atoms. The molecule has 1 aliphatic carbocycles. The number of fused-ring (bicyclic) bond motifs is 1. The molecule has 5 heteroatoms. The van der Waals surface area contributed by atoms with Crippen LogP contribution in [0.5, 0.6) is 0 Å². The molecule has 1 saturated carbocycles. The van der Waals surface area contributed by atoms with E-state index in [2.05, 4.69) is 11.9 Å². The highest BCUT2D eigenvalue weighted by atomic mass is 16.5. The van der Waals surface area contributed by atoms with Gasteiger partial charge in [0.1, 0.15) is 12.6 Å². The number of esters is 1. The van der Waals surface area contributed by atoms with Crippen LogP contribution in [-0.2, 0) is 16.1 Å². The first-order valence-electron chi connectivity index (χ1n) is 7.77. The number of carbonyl (C=O) groups excluding carboxylic acids is 1. The number of carbonyl (C=O) groups is 1. The highest BCUT2D eigenvalue weighted by Gasteiger charge is 2.22. The molecule has 1 aliphatic rings. The Balaban J connectivity index is 1.71. The minimum atomic E-state index is -0.363. The summed E-state index contributed by atoms with van der Waals surface area (Å²) in [5, 5.41) is 0.518. The molecular formula is C17H20N2O3. The van der Waals surface area contributed by atoms with Gasteiger partial charge < -0.3 is 4.74 Å². The minimum Gasteiger partial charge on any atom is -0.461 e. The molecule has 2 unspecified atom stereocenters. The van der Waals surface area contributed by atoms with Crippen molar-refractivity contribution in [1.82, 2.24) is 9.55 Å². The highest BCUT2D eigenvalue weighted by molar-refractivity contribution is 5.77. The lowest BCUT2D eigenvalue weighted by Crippen LogP contribution is -2.30. The number of hydrogen-bond donors (Lipinski definition) is 0. The van der Waals surface area contributed by atoms with Crippen LogP contribution >= 0.6 is 0 Å². The van der Waals surface area contributed by atoms with Gasteiger partial charge in [-0.2, -0.15) is 0 Å². The third-order valence-electron chi connectivity index (χ3n) is 4.22. The van der Waals surface area contributed by atoms with Crippen LogP contribution in [0.3, 0.4) is 0 Å². The molecule has 1 aromatic heterocycles. The van der Waals surface area contributed by atoms with E-state index in [4.69, 9.17) is 4.74 Å². The monoisotopic (exact) mass is 300 g/mol. The summed E-state index contributed by atoms with van der Waals surface area (Å²) in [5.41, 5.74) is 0.429. The van der Waals surface area contributed by atoms with E-state index in [9.17, 15) is 9.59 Å². The van der Waals surface area contributed by atoms with E-state index in [1.807, 2.05) is 6.07 Å². The zero-order valence-electron chi connectivity index (χ0n) is 12.7. The first kappa shape index (κ1) is 14.8. The number of rotatable bonds is 3. The maximum absolute atomic E-state index is 12.3. The standard InChI is InChI=1S/C17H20N2O3/c1-12-5-4-6-13(9-12)22-16(20)10-19-11-18-15-8-3-2-7-14(15)17(19)21/h2-3,7-8,11-13H,4-6,9-10H2,1H3. The van der Waals surface area contributed by atoms with Crippen molar-refractivity contribution in [2.75, 3.05) is 0 Å². The van der Waals surface area contributed by atoms with Gasteiger partial charge in [0, 0.05) is 0 Å². The van der Waals surface area contributed by atoms with Crippen molar-refractivity contribution in [2.45, 2.75) is 45.3 Å². The van der Waals surface area contributed by atoms with E-state index in [0.717, 1.165) is 19.3 Å². The predicted octanol–water partition coefficient (Wildman–Crippen LogP) is 2.52. The van der Waals surface area contributed by atoms with Crippen molar-refractivity contribution >= 4 is 16.9 Å². The van der Waals surface area contributed by atoms with Crippen LogP contribution in [0.2, 0.25) is 0 Å². The average Bonchev–Trinajstić information content (AvgIpc) is 2.50. The zero-order chi connectivity index (χ0) is 15.5. The van der Waals surface area contributed by atoms with Gasteiger partial charge in [-0.05, 0) is 37.3 Å². The summed E-state index contributed by atoms with van der Waals surface area (Å²) in [7, 11) is 0. The number of benzene rings is 1. The molecule has 0 radical (unpaired) electrons. The molecule has 1 fully saturated rings. The smallest absolute Gasteiger partial charge is 0.326 e. The normalized spacial score (nSPS) is 21.7. The third-order valence-corrected chi connectivity index (χ3v) is 4.22. The molecule has 1 heterocycles. The second-order valence-electron chi connectivity index (χ2n) is 6.08. The molecule has 0 amide bonds. The maximum atomic E-state index is 12.3. The quantitative estimate of drug-likeness (QED) is 0.817. The van der Waals surface area contributed by atoms with Crippen molar-refractivity contribution in [3.05, 3.63) is 40.9 Å². The van der Waals surface area contributed by atoms with E-state index >= 15 is 0 Å². The lowest BCUT2D eigenvalue weighted by Gasteiger charge is -2.26. The number of hydrogen-bond acceptors (Lipinski definition) is 4. The van der Waals surface area contributed by atoms with Gasteiger partial charge in [-0.1, -0.05) is 25.5 Å². The van der Waals surface area contributed by atoms with Gasteiger partial charge in [0.05, 0.1) is 17.2 Å². The molecule has 5 nitrogen and oxygen atoms in total.